The Labute approximate surface area is 318 Å². The standard InChI is InChI=1S/C40H45ClFN7O5/c1-39(2,3)54-38(51)49-26-11-12-27(49)22-47(21-26)35-29-19-43-33(28-9-4-7-24-8-5-10-30(41)31(24)28)32(42)34(29)44-36(45-35)53-23-40-14-6-16-48(40)25(13-15-40)20-46-17-18-52-37(46)50/h4-5,7-10,19,25-27H,6,11-18,20-23H2,1-3H3/t25-,26?,27?,40-/m1/s1. The van der Waals surface area contributed by atoms with E-state index in [9.17, 15) is 9.59 Å². The molecule has 284 valence electrons. The van der Waals surface area contributed by atoms with Gasteiger partial charge in [0.15, 0.2) is 5.82 Å². The Balaban J connectivity index is 1.07. The summed E-state index contributed by atoms with van der Waals surface area (Å²) >= 11 is 6.68. The summed E-state index contributed by atoms with van der Waals surface area (Å²) in [6.07, 6.45) is 6.59. The molecular formula is C40H45ClFN7O5. The van der Waals surface area contributed by atoms with Crippen LogP contribution in [0.5, 0.6) is 6.01 Å². The molecule has 0 spiro atoms. The number of aromatic nitrogens is 3. The number of nitrogens with zero attached hydrogens (tertiary/aromatic N) is 7. The molecule has 2 aromatic heterocycles. The van der Waals surface area contributed by atoms with Gasteiger partial charge in [0.05, 0.1) is 29.6 Å². The fraction of sp³-hybridized carbons (Fsp3) is 0.525. The Hall–Kier alpha value is -4.49. The summed E-state index contributed by atoms with van der Waals surface area (Å²) in [7, 11) is 0. The van der Waals surface area contributed by atoms with E-state index in [0.717, 1.165) is 50.5 Å². The Morgan fingerprint density at radius 1 is 1.06 bits per heavy atom. The van der Waals surface area contributed by atoms with E-state index in [2.05, 4.69) is 14.8 Å². The summed E-state index contributed by atoms with van der Waals surface area (Å²) in [5.74, 6) is -0.0508. The van der Waals surface area contributed by atoms with Crippen LogP contribution in [0.3, 0.4) is 0 Å². The number of amides is 2. The van der Waals surface area contributed by atoms with Crippen LogP contribution in [-0.4, -0.2) is 117 Å². The highest BCUT2D eigenvalue weighted by Crippen LogP contribution is 2.44. The zero-order chi connectivity index (χ0) is 37.4. The Kier molecular flexibility index (Phi) is 8.72. The third kappa shape index (κ3) is 6.13. The molecule has 2 bridgehead atoms. The van der Waals surface area contributed by atoms with Crippen molar-refractivity contribution in [1.29, 1.82) is 0 Å². The van der Waals surface area contributed by atoms with Crippen LogP contribution >= 0.6 is 11.6 Å². The van der Waals surface area contributed by atoms with Crippen molar-refractivity contribution in [3.05, 3.63) is 53.4 Å². The van der Waals surface area contributed by atoms with Crippen molar-refractivity contribution >= 4 is 51.3 Å². The van der Waals surface area contributed by atoms with Gasteiger partial charge in [-0.25, -0.2) is 14.0 Å². The Morgan fingerprint density at radius 3 is 2.57 bits per heavy atom. The van der Waals surface area contributed by atoms with E-state index in [0.29, 0.717) is 66.6 Å². The van der Waals surface area contributed by atoms with E-state index in [4.69, 9.17) is 35.8 Å². The van der Waals surface area contributed by atoms with E-state index >= 15 is 4.39 Å². The molecule has 5 aliphatic heterocycles. The molecule has 0 radical (unpaired) electrons. The molecule has 9 rings (SSSR count). The summed E-state index contributed by atoms with van der Waals surface area (Å²) in [4.78, 5) is 48.3. The van der Waals surface area contributed by atoms with E-state index in [1.165, 1.54) is 0 Å². The van der Waals surface area contributed by atoms with Crippen molar-refractivity contribution in [1.82, 2.24) is 29.7 Å². The number of cyclic esters (lactones) is 1. The molecule has 54 heavy (non-hydrogen) atoms. The number of fused-ring (bicyclic) bond motifs is 5. The third-order valence-corrected chi connectivity index (χ3v) is 12.2. The summed E-state index contributed by atoms with van der Waals surface area (Å²) in [5.41, 5.74) is -0.00320. The second-order valence-corrected chi connectivity index (χ2v) is 16.8. The molecule has 0 saturated carbocycles. The lowest BCUT2D eigenvalue weighted by atomic mass is 9.95. The average Bonchev–Trinajstić information content (AvgIpc) is 3.89. The van der Waals surface area contributed by atoms with E-state index in [-0.39, 0.29) is 53.1 Å². The lowest BCUT2D eigenvalue weighted by molar-refractivity contribution is 0.0122. The fourth-order valence-electron chi connectivity index (χ4n) is 9.55. The van der Waals surface area contributed by atoms with Crippen molar-refractivity contribution in [2.24, 2.45) is 0 Å². The number of ether oxygens (including phenoxy) is 3. The van der Waals surface area contributed by atoms with Crippen molar-refractivity contribution in [2.75, 3.05) is 50.8 Å². The molecule has 5 fully saturated rings. The van der Waals surface area contributed by atoms with Gasteiger partial charge in [0.2, 0.25) is 0 Å². The predicted octanol–water partition coefficient (Wildman–Crippen LogP) is 7.05. The van der Waals surface area contributed by atoms with Gasteiger partial charge in [0.1, 0.15) is 35.8 Å². The van der Waals surface area contributed by atoms with Crippen LogP contribution in [0.4, 0.5) is 19.8 Å². The van der Waals surface area contributed by atoms with Crippen LogP contribution in [-0.2, 0) is 9.47 Å². The highest BCUT2D eigenvalue weighted by Gasteiger charge is 2.51. The molecule has 12 nitrogen and oxygen atoms in total. The summed E-state index contributed by atoms with van der Waals surface area (Å²) in [6.45, 7) is 9.56. The van der Waals surface area contributed by atoms with Gasteiger partial charge in [-0.3, -0.25) is 14.8 Å². The maximum absolute atomic E-state index is 17.1. The molecule has 0 N–H and O–H groups in total. The molecule has 2 amide bonds. The van der Waals surface area contributed by atoms with Crippen molar-refractivity contribution in [3.63, 3.8) is 0 Å². The monoisotopic (exact) mass is 757 g/mol. The minimum absolute atomic E-state index is 0.0860. The van der Waals surface area contributed by atoms with E-state index < -0.39 is 11.4 Å². The summed E-state index contributed by atoms with van der Waals surface area (Å²) < 4.78 is 34.6. The lowest BCUT2D eigenvalue weighted by Crippen LogP contribution is -2.57. The average molecular weight is 758 g/mol. The number of pyridine rings is 1. The number of hydrogen-bond acceptors (Lipinski definition) is 10. The molecule has 5 aliphatic rings. The van der Waals surface area contributed by atoms with Crippen molar-refractivity contribution in [3.8, 4) is 17.3 Å². The zero-order valence-electron chi connectivity index (χ0n) is 30.9. The highest BCUT2D eigenvalue weighted by atomic mass is 35.5. The smallest absolute Gasteiger partial charge is 0.410 e. The minimum atomic E-state index is -0.605. The minimum Gasteiger partial charge on any atom is -0.461 e. The van der Waals surface area contributed by atoms with Crippen molar-refractivity contribution in [2.45, 2.75) is 88.6 Å². The van der Waals surface area contributed by atoms with Crippen LogP contribution in [0.1, 0.15) is 59.3 Å². The summed E-state index contributed by atoms with van der Waals surface area (Å²) in [6, 6.07) is 11.4. The normalized spacial score (nSPS) is 25.5. The van der Waals surface area contributed by atoms with E-state index in [1.54, 1.807) is 17.2 Å². The largest absolute Gasteiger partial charge is 0.461 e. The topological polar surface area (TPSA) is 113 Å². The molecule has 2 unspecified atom stereocenters. The van der Waals surface area contributed by atoms with Gasteiger partial charge >= 0.3 is 18.2 Å². The molecule has 5 saturated heterocycles. The first kappa shape index (κ1) is 35.2. The lowest BCUT2D eigenvalue weighted by Gasteiger charge is -2.42. The van der Waals surface area contributed by atoms with Crippen LogP contribution in [0.15, 0.2) is 42.6 Å². The zero-order valence-corrected chi connectivity index (χ0v) is 31.6. The quantitative estimate of drug-likeness (QED) is 0.194. The maximum atomic E-state index is 17.1. The van der Waals surface area contributed by atoms with Crippen molar-refractivity contribution < 1.29 is 28.2 Å². The number of benzene rings is 2. The first-order valence-corrected chi connectivity index (χ1v) is 19.5. The second kappa shape index (κ2) is 13.4. The van der Waals surface area contributed by atoms with Gasteiger partial charge in [-0.1, -0.05) is 41.9 Å². The number of piperazine rings is 1. The fourth-order valence-corrected chi connectivity index (χ4v) is 9.83. The molecule has 0 aliphatic carbocycles. The highest BCUT2D eigenvalue weighted by molar-refractivity contribution is 6.36. The van der Waals surface area contributed by atoms with Gasteiger partial charge < -0.3 is 24.0 Å². The van der Waals surface area contributed by atoms with Gasteiger partial charge in [-0.15, -0.1) is 0 Å². The molecule has 4 aromatic rings. The predicted molar refractivity (Wildman–Crippen MR) is 202 cm³/mol. The van der Waals surface area contributed by atoms with Gasteiger partial charge in [-0.05, 0) is 77.3 Å². The van der Waals surface area contributed by atoms with Crippen LogP contribution < -0.4 is 9.64 Å². The van der Waals surface area contributed by atoms with Crippen LogP contribution in [0, 0.1) is 5.82 Å². The second-order valence-electron chi connectivity index (χ2n) is 16.4. The molecule has 2 aromatic carbocycles. The number of carbonyl (C=O) groups is 2. The molecule has 7 heterocycles. The maximum Gasteiger partial charge on any atom is 0.410 e. The Morgan fingerprint density at radius 2 is 1.83 bits per heavy atom. The number of rotatable bonds is 7. The van der Waals surface area contributed by atoms with Crippen LogP contribution in [0.2, 0.25) is 5.02 Å². The number of carbonyl (C=O) groups excluding carboxylic acids is 2. The van der Waals surface area contributed by atoms with Gasteiger partial charge in [0, 0.05) is 47.8 Å². The SMILES string of the molecule is CC(C)(C)OC(=O)N1C2CCC1CN(c1nc(OC[C@]34CCCN3[C@@H](CN3CCOC3=O)CC4)nc3c(F)c(-c4cccc5cccc(Cl)c45)ncc13)C2. The van der Waals surface area contributed by atoms with E-state index in [1.807, 2.05) is 56.0 Å². The molecule has 14 heteroatoms. The molecular weight excluding hydrogens is 713 g/mol. The third-order valence-electron chi connectivity index (χ3n) is 11.9. The number of hydrogen-bond donors (Lipinski definition) is 0. The van der Waals surface area contributed by atoms with Crippen LogP contribution in [0.25, 0.3) is 32.9 Å². The Bertz CT molecular complexity index is 2130. The van der Waals surface area contributed by atoms with Gasteiger partial charge in [0.25, 0.3) is 0 Å². The number of anilines is 1. The first-order valence-electron chi connectivity index (χ1n) is 19.1. The molecule has 4 atom stereocenters. The first-order chi connectivity index (χ1) is 26.0. The number of halogens is 2. The summed E-state index contributed by atoms with van der Waals surface area (Å²) in [5, 5.41) is 2.57. The van der Waals surface area contributed by atoms with Gasteiger partial charge in [-0.2, -0.15) is 9.97 Å².